The molecule has 2 aliphatic rings. The Balaban J connectivity index is 1.90. The molecule has 0 radical (unpaired) electrons. The maximum atomic E-state index is 12.0. The number of benzene rings is 1. The molecule has 6 nitrogen and oxygen atoms in total. The van der Waals surface area contributed by atoms with Gasteiger partial charge in [-0.2, -0.15) is 5.10 Å². The van der Waals surface area contributed by atoms with E-state index in [1.165, 1.54) is 5.01 Å². The number of carbonyl (C=O) groups is 1. The van der Waals surface area contributed by atoms with Crippen molar-refractivity contribution in [1.29, 1.82) is 0 Å². The van der Waals surface area contributed by atoms with Crippen LogP contribution in [-0.4, -0.2) is 29.6 Å². The first-order valence-corrected chi connectivity index (χ1v) is 6.60. The summed E-state index contributed by atoms with van der Waals surface area (Å²) in [5.74, 6) is 1.46. The molecule has 2 heterocycles. The van der Waals surface area contributed by atoms with Crippen LogP contribution in [0.1, 0.15) is 31.9 Å². The van der Waals surface area contributed by atoms with Gasteiger partial charge in [0.2, 0.25) is 6.79 Å². The van der Waals surface area contributed by atoms with Gasteiger partial charge in [0.25, 0.3) is 0 Å². The number of hydrazone groups is 1. The Labute approximate surface area is 117 Å². The van der Waals surface area contributed by atoms with Crippen molar-refractivity contribution >= 4 is 11.7 Å². The summed E-state index contributed by atoms with van der Waals surface area (Å²) in [5, 5.41) is 8.63. The van der Waals surface area contributed by atoms with Gasteiger partial charge < -0.3 is 14.8 Å². The van der Waals surface area contributed by atoms with Crippen LogP contribution in [0.5, 0.6) is 11.5 Å². The fourth-order valence-electron chi connectivity index (χ4n) is 2.32. The predicted molar refractivity (Wildman–Crippen MR) is 74.0 cm³/mol. The lowest BCUT2D eigenvalue weighted by Crippen LogP contribution is -2.41. The molecular formula is C14H17N3O3. The first-order valence-electron chi connectivity index (χ1n) is 6.60. The van der Waals surface area contributed by atoms with Crippen LogP contribution in [0.3, 0.4) is 0 Å². The van der Waals surface area contributed by atoms with Gasteiger partial charge in [0.05, 0.1) is 12.3 Å². The van der Waals surface area contributed by atoms with E-state index >= 15 is 0 Å². The van der Waals surface area contributed by atoms with Crippen molar-refractivity contribution in [2.75, 3.05) is 6.79 Å². The summed E-state index contributed by atoms with van der Waals surface area (Å²) >= 11 is 0. The largest absolute Gasteiger partial charge is 0.454 e. The molecule has 0 saturated heterocycles. The molecule has 1 aromatic carbocycles. The van der Waals surface area contributed by atoms with Gasteiger partial charge in [-0.15, -0.1) is 0 Å². The number of fused-ring (bicyclic) bond motifs is 2. The average molecular weight is 275 g/mol. The van der Waals surface area contributed by atoms with Crippen molar-refractivity contribution in [3.8, 4) is 11.5 Å². The smallest absolute Gasteiger partial charge is 0.338 e. The summed E-state index contributed by atoms with van der Waals surface area (Å²) in [6.45, 7) is 6.40. The lowest BCUT2D eigenvalue weighted by Gasteiger charge is -2.26. The van der Waals surface area contributed by atoms with Gasteiger partial charge >= 0.3 is 6.03 Å². The summed E-state index contributed by atoms with van der Waals surface area (Å²) in [7, 11) is 0. The second-order valence-electron chi connectivity index (χ2n) is 5.21. The van der Waals surface area contributed by atoms with E-state index in [9.17, 15) is 4.79 Å². The topological polar surface area (TPSA) is 63.2 Å². The molecule has 1 N–H and O–H groups in total. The van der Waals surface area contributed by atoms with Crippen LogP contribution in [0.15, 0.2) is 17.2 Å². The van der Waals surface area contributed by atoms with Gasteiger partial charge in [-0.05, 0) is 38.5 Å². The van der Waals surface area contributed by atoms with Crippen molar-refractivity contribution in [3.63, 3.8) is 0 Å². The van der Waals surface area contributed by atoms with Crippen LogP contribution in [0.25, 0.3) is 0 Å². The molecule has 0 fully saturated rings. The van der Waals surface area contributed by atoms with E-state index in [1.54, 1.807) is 0 Å². The molecule has 0 aliphatic carbocycles. The van der Waals surface area contributed by atoms with E-state index in [-0.39, 0.29) is 18.9 Å². The van der Waals surface area contributed by atoms with Crippen molar-refractivity contribution in [1.82, 2.24) is 10.3 Å². The number of amides is 2. The Morgan fingerprint density at radius 2 is 2.05 bits per heavy atom. The zero-order chi connectivity index (χ0) is 14.3. The zero-order valence-corrected chi connectivity index (χ0v) is 11.8. The van der Waals surface area contributed by atoms with Crippen LogP contribution < -0.4 is 14.8 Å². The molecule has 0 atom stereocenters. The Kier molecular flexibility index (Phi) is 3.00. The third-order valence-corrected chi connectivity index (χ3v) is 3.23. The molecule has 0 spiro atoms. The quantitative estimate of drug-likeness (QED) is 0.853. The third kappa shape index (κ3) is 2.17. The monoisotopic (exact) mass is 275 g/mol. The molecule has 3 rings (SSSR count). The highest BCUT2D eigenvalue weighted by Gasteiger charge is 2.25. The van der Waals surface area contributed by atoms with Gasteiger partial charge in [-0.25, -0.2) is 9.80 Å². The number of urea groups is 1. The Bertz CT molecular complexity index is 596. The molecule has 2 aliphatic heterocycles. The van der Waals surface area contributed by atoms with Gasteiger partial charge in [0, 0.05) is 11.6 Å². The second kappa shape index (κ2) is 4.70. The van der Waals surface area contributed by atoms with Gasteiger partial charge in [-0.3, -0.25) is 0 Å². The summed E-state index contributed by atoms with van der Waals surface area (Å²) in [6, 6.07) is 3.73. The van der Waals surface area contributed by atoms with Crippen LogP contribution in [-0.2, 0) is 6.54 Å². The molecule has 1 aromatic rings. The fourth-order valence-corrected chi connectivity index (χ4v) is 2.32. The first kappa shape index (κ1) is 12.8. The molecule has 20 heavy (non-hydrogen) atoms. The van der Waals surface area contributed by atoms with E-state index in [1.807, 2.05) is 32.9 Å². The maximum absolute atomic E-state index is 12.0. The predicted octanol–water partition coefficient (Wildman–Crippen LogP) is 2.07. The van der Waals surface area contributed by atoms with Crippen molar-refractivity contribution in [2.24, 2.45) is 5.10 Å². The van der Waals surface area contributed by atoms with Crippen LogP contribution >= 0.6 is 0 Å². The van der Waals surface area contributed by atoms with Crippen LogP contribution in [0.2, 0.25) is 0 Å². The molecule has 0 saturated carbocycles. The number of nitrogens with zero attached hydrogens (tertiary/aromatic N) is 2. The summed E-state index contributed by atoms with van der Waals surface area (Å²) in [6.07, 6.45) is 0. The minimum Gasteiger partial charge on any atom is -0.454 e. The molecule has 6 heteroatoms. The van der Waals surface area contributed by atoms with Gasteiger partial charge in [0.1, 0.15) is 0 Å². The van der Waals surface area contributed by atoms with Gasteiger partial charge in [0.15, 0.2) is 11.5 Å². The van der Waals surface area contributed by atoms with Crippen molar-refractivity contribution < 1.29 is 14.3 Å². The average Bonchev–Trinajstić information content (AvgIpc) is 2.82. The minimum atomic E-state index is -0.192. The Morgan fingerprint density at radius 1 is 1.35 bits per heavy atom. The number of hydrogen-bond donors (Lipinski definition) is 1. The SMILES string of the molecule is CC1=NN(C(=O)NC(C)C)Cc2cc3c(cc21)OCO3. The molecule has 0 bridgehead atoms. The van der Waals surface area contributed by atoms with Crippen molar-refractivity contribution in [3.05, 3.63) is 23.3 Å². The highest BCUT2D eigenvalue weighted by atomic mass is 16.7. The fraction of sp³-hybridized carbons (Fsp3) is 0.429. The van der Waals surface area contributed by atoms with Gasteiger partial charge in [-0.1, -0.05) is 0 Å². The van der Waals surface area contributed by atoms with Crippen LogP contribution in [0.4, 0.5) is 4.79 Å². The van der Waals surface area contributed by atoms with E-state index in [2.05, 4.69) is 10.4 Å². The van der Waals surface area contributed by atoms with E-state index in [0.29, 0.717) is 6.54 Å². The Hall–Kier alpha value is -2.24. The number of nitrogens with one attached hydrogen (secondary N) is 1. The molecule has 106 valence electrons. The number of carbonyl (C=O) groups excluding carboxylic acids is 1. The highest BCUT2D eigenvalue weighted by molar-refractivity contribution is 6.02. The zero-order valence-electron chi connectivity index (χ0n) is 11.8. The Morgan fingerprint density at radius 3 is 2.75 bits per heavy atom. The standard InChI is InChI=1S/C14H17N3O3/c1-8(2)15-14(18)17-6-10-4-12-13(20-7-19-12)5-11(10)9(3)16-17/h4-5,8H,6-7H2,1-3H3,(H,15,18). The van der Waals surface area contributed by atoms with E-state index < -0.39 is 0 Å². The summed E-state index contributed by atoms with van der Waals surface area (Å²) in [4.78, 5) is 12.0. The first-order chi connectivity index (χ1) is 9.54. The molecule has 0 unspecified atom stereocenters. The summed E-state index contributed by atoms with van der Waals surface area (Å²) < 4.78 is 10.7. The minimum absolute atomic E-state index is 0.0798. The van der Waals surface area contributed by atoms with E-state index in [0.717, 1.165) is 28.3 Å². The highest BCUT2D eigenvalue weighted by Crippen LogP contribution is 2.36. The summed E-state index contributed by atoms with van der Waals surface area (Å²) in [5.41, 5.74) is 2.81. The normalized spacial score (nSPS) is 16.0. The molecular weight excluding hydrogens is 258 g/mol. The van der Waals surface area contributed by atoms with E-state index in [4.69, 9.17) is 9.47 Å². The number of hydrogen-bond acceptors (Lipinski definition) is 4. The number of ether oxygens (including phenoxy) is 2. The third-order valence-electron chi connectivity index (χ3n) is 3.23. The lowest BCUT2D eigenvalue weighted by molar-refractivity contribution is 0.174. The molecule has 0 aromatic heterocycles. The second-order valence-corrected chi connectivity index (χ2v) is 5.21. The number of rotatable bonds is 1. The van der Waals surface area contributed by atoms with Crippen LogP contribution in [0, 0.1) is 0 Å². The maximum Gasteiger partial charge on any atom is 0.338 e. The van der Waals surface area contributed by atoms with Crippen molar-refractivity contribution in [2.45, 2.75) is 33.4 Å². The molecule has 2 amide bonds. The lowest BCUT2D eigenvalue weighted by atomic mass is 10.0.